The summed E-state index contributed by atoms with van der Waals surface area (Å²) in [7, 11) is 0. The minimum atomic E-state index is -0.679. The van der Waals surface area contributed by atoms with Gasteiger partial charge in [0.15, 0.2) is 0 Å². The molecule has 8 nitrogen and oxygen atoms in total. The molecule has 53 heavy (non-hydrogen) atoms. The predicted octanol–water partition coefficient (Wildman–Crippen LogP) is 9.38. The molecule has 0 saturated heterocycles. The van der Waals surface area contributed by atoms with E-state index in [-0.39, 0.29) is 18.2 Å². The van der Waals surface area contributed by atoms with Gasteiger partial charge in [-0.25, -0.2) is 4.79 Å². The Labute approximate surface area is 318 Å². The molecule has 6 rings (SSSR count). The summed E-state index contributed by atoms with van der Waals surface area (Å²) in [6.45, 7) is 4.00. The van der Waals surface area contributed by atoms with Gasteiger partial charge in [-0.2, -0.15) is 0 Å². The lowest BCUT2D eigenvalue weighted by Crippen LogP contribution is -2.30. The maximum absolute atomic E-state index is 14.2. The summed E-state index contributed by atoms with van der Waals surface area (Å²) in [6.07, 6.45) is 6.42. The zero-order valence-electron chi connectivity index (χ0n) is 29.6. The molecule has 3 N–H and O–H groups in total. The van der Waals surface area contributed by atoms with Gasteiger partial charge in [-0.3, -0.25) is 14.4 Å². The summed E-state index contributed by atoms with van der Waals surface area (Å²) in [5.74, 6) is -1.60. The van der Waals surface area contributed by atoms with Crippen LogP contribution in [0.3, 0.4) is 0 Å². The number of anilines is 2. The summed E-state index contributed by atoms with van der Waals surface area (Å²) in [6, 6.07) is 33.0. The largest absolute Gasteiger partial charge is 0.462 e. The van der Waals surface area contributed by atoms with Gasteiger partial charge in [0, 0.05) is 21.0 Å². The first-order valence-electron chi connectivity index (χ1n) is 17.7. The van der Waals surface area contributed by atoms with Gasteiger partial charge in [0.05, 0.1) is 12.2 Å². The van der Waals surface area contributed by atoms with Gasteiger partial charge in [0.2, 0.25) is 5.91 Å². The monoisotopic (exact) mass is 743 g/mol. The SMILES string of the molecule is CCOC(=O)c1c(NC(=O)C(Sc2cccc(NC(=O)/C(=C\c3ccc(C)cc3)NC(=O)c3ccccc3)c2)c2ccccc2)sc2c1CCCCC2. The first kappa shape index (κ1) is 37.3. The molecule has 1 aromatic heterocycles. The molecule has 270 valence electrons. The Morgan fingerprint density at radius 3 is 2.28 bits per heavy atom. The van der Waals surface area contributed by atoms with Crippen LogP contribution in [-0.2, 0) is 27.2 Å². The number of rotatable bonds is 12. The van der Waals surface area contributed by atoms with Crippen LogP contribution in [0.2, 0.25) is 0 Å². The standard InChI is InChI=1S/C43H41N3O5S2/c1-3-51-43(50)37-34-20-11-6-12-21-36(34)53-42(37)46-41(49)38(30-14-7-4-8-15-30)52-33-19-13-18-32(27-33)44-40(48)35(26-29-24-22-28(2)23-25-29)45-39(47)31-16-9-5-10-17-31/h4-5,7-10,13-19,22-27,38H,3,6,11-12,20-21H2,1-2H3,(H,44,48)(H,45,47)(H,46,49)/b35-26+. The number of carbonyl (C=O) groups excluding carboxylic acids is 4. The average Bonchev–Trinajstić information content (AvgIpc) is 3.34. The highest BCUT2D eigenvalue weighted by Crippen LogP contribution is 2.41. The van der Waals surface area contributed by atoms with E-state index in [1.807, 2.05) is 73.7 Å². The highest BCUT2D eigenvalue weighted by molar-refractivity contribution is 8.00. The maximum atomic E-state index is 14.2. The average molecular weight is 744 g/mol. The zero-order chi connectivity index (χ0) is 37.2. The zero-order valence-corrected chi connectivity index (χ0v) is 31.3. The van der Waals surface area contributed by atoms with Crippen molar-refractivity contribution in [1.29, 1.82) is 0 Å². The molecule has 5 aromatic rings. The first-order valence-corrected chi connectivity index (χ1v) is 19.4. The van der Waals surface area contributed by atoms with Crippen LogP contribution in [0.25, 0.3) is 6.08 Å². The normalized spacial score (nSPS) is 13.2. The number of fused-ring (bicyclic) bond motifs is 1. The van der Waals surface area contributed by atoms with E-state index in [1.54, 1.807) is 55.5 Å². The quantitative estimate of drug-likeness (QED) is 0.0508. The highest BCUT2D eigenvalue weighted by Gasteiger charge is 2.29. The molecule has 4 aromatic carbocycles. The number of aryl methyl sites for hydroxylation is 2. The van der Waals surface area contributed by atoms with Crippen LogP contribution >= 0.6 is 23.1 Å². The van der Waals surface area contributed by atoms with Crippen molar-refractivity contribution in [2.24, 2.45) is 0 Å². The molecule has 0 fully saturated rings. The van der Waals surface area contributed by atoms with Crippen molar-refractivity contribution in [1.82, 2.24) is 5.32 Å². The number of ether oxygens (including phenoxy) is 1. The fraction of sp³-hybridized carbons (Fsp3) is 0.209. The Morgan fingerprint density at radius 2 is 1.55 bits per heavy atom. The van der Waals surface area contributed by atoms with Crippen LogP contribution < -0.4 is 16.0 Å². The van der Waals surface area contributed by atoms with Gasteiger partial charge < -0.3 is 20.7 Å². The number of hydrogen-bond donors (Lipinski definition) is 3. The minimum absolute atomic E-state index is 0.0778. The van der Waals surface area contributed by atoms with Crippen LogP contribution in [0.1, 0.15) is 79.3 Å². The van der Waals surface area contributed by atoms with Crippen LogP contribution in [0.5, 0.6) is 0 Å². The molecule has 1 aliphatic carbocycles. The number of esters is 1. The number of thiophene rings is 1. The van der Waals surface area contributed by atoms with Crippen molar-refractivity contribution in [3.63, 3.8) is 0 Å². The van der Waals surface area contributed by atoms with Crippen LogP contribution in [0, 0.1) is 6.92 Å². The molecular formula is C43H41N3O5S2. The van der Waals surface area contributed by atoms with E-state index in [0.717, 1.165) is 64.1 Å². The van der Waals surface area contributed by atoms with E-state index >= 15 is 0 Å². The summed E-state index contributed by atoms with van der Waals surface area (Å²) in [5, 5.41) is 8.67. The number of amides is 3. The molecule has 0 spiro atoms. The van der Waals surface area contributed by atoms with Crippen molar-refractivity contribution in [2.75, 3.05) is 17.2 Å². The summed E-state index contributed by atoms with van der Waals surface area (Å²) >= 11 is 2.80. The van der Waals surface area contributed by atoms with E-state index in [0.29, 0.717) is 21.8 Å². The Kier molecular flexibility index (Phi) is 12.6. The fourth-order valence-electron chi connectivity index (χ4n) is 6.08. The third-order valence-electron chi connectivity index (χ3n) is 8.74. The molecule has 1 heterocycles. The third kappa shape index (κ3) is 9.71. The first-order chi connectivity index (χ1) is 25.8. The Bertz CT molecular complexity index is 2110. The number of hydrogen-bond acceptors (Lipinski definition) is 7. The number of benzene rings is 4. The molecule has 1 unspecified atom stereocenters. The van der Waals surface area contributed by atoms with Gasteiger partial charge in [0.25, 0.3) is 11.8 Å². The van der Waals surface area contributed by atoms with Crippen molar-refractivity contribution >= 4 is 63.6 Å². The van der Waals surface area contributed by atoms with Crippen molar-refractivity contribution in [3.8, 4) is 0 Å². The lowest BCUT2D eigenvalue weighted by atomic mass is 10.1. The second-order valence-corrected chi connectivity index (χ2v) is 14.9. The summed E-state index contributed by atoms with van der Waals surface area (Å²) in [4.78, 5) is 56.2. The predicted molar refractivity (Wildman–Crippen MR) is 213 cm³/mol. The van der Waals surface area contributed by atoms with E-state index < -0.39 is 23.0 Å². The molecule has 0 bridgehead atoms. The molecule has 1 aliphatic rings. The topological polar surface area (TPSA) is 114 Å². The Balaban J connectivity index is 1.25. The van der Waals surface area contributed by atoms with Crippen LogP contribution in [0.4, 0.5) is 10.7 Å². The fourth-order valence-corrected chi connectivity index (χ4v) is 8.45. The minimum Gasteiger partial charge on any atom is -0.462 e. The van der Waals surface area contributed by atoms with Crippen LogP contribution in [-0.4, -0.2) is 30.3 Å². The van der Waals surface area contributed by atoms with Gasteiger partial charge in [-0.1, -0.05) is 90.8 Å². The second kappa shape index (κ2) is 17.9. The van der Waals surface area contributed by atoms with Gasteiger partial charge >= 0.3 is 5.97 Å². The molecule has 3 amide bonds. The molecule has 1 atom stereocenters. The second-order valence-electron chi connectivity index (χ2n) is 12.7. The molecule has 0 radical (unpaired) electrons. The highest BCUT2D eigenvalue weighted by atomic mass is 32.2. The van der Waals surface area contributed by atoms with E-state index in [4.69, 9.17) is 4.74 Å². The summed E-state index contributed by atoms with van der Waals surface area (Å²) in [5.41, 5.74) is 5.06. The van der Waals surface area contributed by atoms with Gasteiger partial charge in [-0.05, 0) is 92.6 Å². The Morgan fingerprint density at radius 1 is 0.830 bits per heavy atom. The van der Waals surface area contributed by atoms with Crippen molar-refractivity contribution in [3.05, 3.63) is 153 Å². The maximum Gasteiger partial charge on any atom is 0.341 e. The molecule has 0 saturated carbocycles. The number of carbonyl (C=O) groups is 4. The molecule has 0 aliphatic heterocycles. The lowest BCUT2D eigenvalue weighted by Gasteiger charge is -2.18. The Hall–Kier alpha value is -5.45. The van der Waals surface area contributed by atoms with Crippen molar-refractivity contribution < 1.29 is 23.9 Å². The van der Waals surface area contributed by atoms with E-state index in [1.165, 1.54) is 23.1 Å². The van der Waals surface area contributed by atoms with E-state index in [2.05, 4.69) is 16.0 Å². The van der Waals surface area contributed by atoms with Gasteiger partial charge in [0.1, 0.15) is 15.9 Å². The summed E-state index contributed by atoms with van der Waals surface area (Å²) < 4.78 is 5.45. The van der Waals surface area contributed by atoms with Crippen LogP contribution in [0.15, 0.2) is 120 Å². The lowest BCUT2D eigenvalue weighted by molar-refractivity contribution is -0.116. The van der Waals surface area contributed by atoms with Crippen molar-refractivity contribution in [2.45, 2.75) is 56.1 Å². The third-order valence-corrected chi connectivity index (χ3v) is 11.2. The number of thioether (sulfide) groups is 1. The molecule has 10 heteroatoms. The number of nitrogens with one attached hydrogen (secondary N) is 3. The smallest absolute Gasteiger partial charge is 0.341 e. The molecular weight excluding hydrogens is 703 g/mol. The van der Waals surface area contributed by atoms with E-state index in [9.17, 15) is 19.2 Å². The van der Waals surface area contributed by atoms with Gasteiger partial charge in [-0.15, -0.1) is 23.1 Å².